The van der Waals surface area contributed by atoms with Gasteiger partial charge in [-0.3, -0.25) is 4.79 Å². The number of esters is 1. The quantitative estimate of drug-likeness (QED) is 0.735. The number of nitriles is 1. The van der Waals surface area contributed by atoms with E-state index in [9.17, 15) is 14.9 Å². The summed E-state index contributed by atoms with van der Waals surface area (Å²) in [4.78, 5) is 26.6. The molecule has 2 aliphatic heterocycles. The summed E-state index contributed by atoms with van der Waals surface area (Å²) in [6, 6.07) is 15.4. The van der Waals surface area contributed by atoms with Gasteiger partial charge in [-0.1, -0.05) is 41.9 Å². The van der Waals surface area contributed by atoms with Gasteiger partial charge in [0.25, 0.3) is 0 Å². The highest BCUT2D eigenvalue weighted by Gasteiger charge is 2.60. The third-order valence-electron chi connectivity index (χ3n) is 5.04. The summed E-state index contributed by atoms with van der Waals surface area (Å²) in [5.41, 5.74) is 5.17. The first kappa shape index (κ1) is 19.6. The molecule has 0 saturated heterocycles. The molecular weight excluding hydrogens is 406 g/mol. The van der Waals surface area contributed by atoms with Crippen LogP contribution in [-0.2, 0) is 24.5 Å². The van der Waals surface area contributed by atoms with Crippen LogP contribution in [0.2, 0.25) is 5.02 Å². The fourth-order valence-corrected chi connectivity index (χ4v) is 4.02. The van der Waals surface area contributed by atoms with Crippen molar-refractivity contribution in [2.24, 2.45) is 5.73 Å². The molecule has 0 radical (unpaired) electrons. The number of rotatable bonds is 3. The van der Waals surface area contributed by atoms with Crippen LogP contribution in [0.3, 0.4) is 0 Å². The zero-order valence-corrected chi connectivity index (χ0v) is 16.6. The number of fused-ring (bicyclic) bond motifs is 2. The Kier molecular flexibility index (Phi) is 4.72. The summed E-state index contributed by atoms with van der Waals surface area (Å²) < 4.78 is 11.0. The Bertz CT molecular complexity index is 1180. The molecule has 8 heteroatoms. The number of anilines is 1. The summed E-state index contributed by atoms with van der Waals surface area (Å²) in [5.74, 6) is -1.63. The molecule has 7 nitrogen and oxygen atoms in total. The average molecular weight is 422 g/mol. The first-order valence-electron chi connectivity index (χ1n) is 9.12. The minimum absolute atomic E-state index is 0.0496. The number of nitrogens with zero attached hydrogens (tertiary/aromatic N) is 1. The molecule has 2 aromatic carbocycles. The van der Waals surface area contributed by atoms with Gasteiger partial charge >= 0.3 is 5.97 Å². The maximum Gasteiger partial charge on any atom is 0.339 e. The molecule has 0 fully saturated rings. The molecule has 2 aliphatic rings. The number of hydrogen-bond donors (Lipinski definition) is 2. The topological polar surface area (TPSA) is 114 Å². The van der Waals surface area contributed by atoms with Crippen molar-refractivity contribution in [1.82, 2.24) is 0 Å². The van der Waals surface area contributed by atoms with Gasteiger partial charge in [0, 0.05) is 21.8 Å². The van der Waals surface area contributed by atoms with E-state index in [-0.39, 0.29) is 29.4 Å². The lowest BCUT2D eigenvalue weighted by Crippen LogP contribution is -2.45. The Labute approximate surface area is 177 Å². The van der Waals surface area contributed by atoms with Crippen LogP contribution < -0.4 is 11.1 Å². The van der Waals surface area contributed by atoms with Crippen molar-refractivity contribution >= 4 is 34.9 Å². The molecule has 3 N–H and O–H groups in total. The van der Waals surface area contributed by atoms with E-state index in [1.54, 1.807) is 49.4 Å². The largest absolute Gasteiger partial charge is 0.462 e. The van der Waals surface area contributed by atoms with E-state index in [2.05, 4.69) is 5.32 Å². The van der Waals surface area contributed by atoms with Crippen molar-refractivity contribution in [3.8, 4) is 6.07 Å². The Hall–Kier alpha value is -3.76. The Morgan fingerprint density at radius 3 is 2.70 bits per heavy atom. The molecule has 0 bridgehead atoms. The normalized spacial score (nSPS) is 19.8. The van der Waals surface area contributed by atoms with E-state index in [1.165, 1.54) is 6.07 Å². The lowest BCUT2D eigenvalue weighted by Gasteiger charge is -2.34. The molecule has 1 spiro atoms. The molecule has 2 aromatic rings. The number of ether oxygens (including phenoxy) is 2. The molecule has 0 unspecified atom stereocenters. The Morgan fingerprint density at radius 2 is 2.03 bits per heavy atom. The summed E-state index contributed by atoms with van der Waals surface area (Å²) in [6.45, 7) is 1.71. The highest BCUT2D eigenvalue weighted by Crippen LogP contribution is 2.53. The summed E-state index contributed by atoms with van der Waals surface area (Å²) in [7, 11) is 0. The molecule has 1 amide bonds. The smallest absolute Gasteiger partial charge is 0.339 e. The lowest BCUT2D eigenvalue weighted by molar-refractivity contribution is -0.140. The number of amides is 1. The first-order valence-corrected chi connectivity index (χ1v) is 9.49. The number of carbonyl (C=O) groups is 2. The van der Waals surface area contributed by atoms with Crippen molar-refractivity contribution in [2.75, 3.05) is 11.9 Å². The maximum absolute atomic E-state index is 13.4. The van der Waals surface area contributed by atoms with Gasteiger partial charge in [-0.25, -0.2) is 4.79 Å². The Morgan fingerprint density at radius 1 is 1.30 bits per heavy atom. The van der Waals surface area contributed by atoms with Gasteiger partial charge in [0.1, 0.15) is 23.0 Å². The van der Waals surface area contributed by atoms with Gasteiger partial charge in [0.05, 0.1) is 6.61 Å². The molecule has 0 aromatic heterocycles. The van der Waals surface area contributed by atoms with E-state index in [0.29, 0.717) is 21.8 Å². The van der Waals surface area contributed by atoms with Crippen LogP contribution in [-0.4, -0.2) is 18.5 Å². The minimum atomic E-state index is -1.85. The highest BCUT2D eigenvalue weighted by atomic mass is 35.5. The van der Waals surface area contributed by atoms with Crippen LogP contribution in [0.5, 0.6) is 0 Å². The van der Waals surface area contributed by atoms with Gasteiger partial charge < -0.3 is 20.5 Å². The van der Waals surface area contributed by atoms with Gasteiger partial charge in [0.2, 0.25) is 11.8 Å². The predicted octanol–water partition coefficient (Wildman–Crippen LogP) is 3.23. The number of hydrogen-bond acceptors (Lipinski definition) is 6. The van der Waals surface area contributed by atoms with Gasteiger partial charge in [-0.2, -0.15) is 5.26 Å². The second-order valence-corrected chi connectivity index (χ2v) is 7.07. The zero-order chi connectivity index (χ0) is 21.5. The Balaban J connectivity index is 2.15. The van der Waals surface area contributed by atoms with E-state index < -0.39 is 17.3 Å². The first-order chi connectivity index (χ1) is 14.4. The zero-order valence-electron chi connectivity index (χ0n) is 15.9. The van der Waals surface area contributed by atoms with Crippen molar-refractivity contribution < 1.29 is 19.1 Å². The molecule has 150 valence electrons. The van der Waals surface area contributed by atoms with Crippen LogP contribution in [0.4, 0.5) is 5.69 Å². The number of nitrogens with one attached hydrogen (secondary N) is 1. The second kappa shape index (κ2) is 7.25. The SMILES string of the molecule is CCOC(=O)C1=C(c2ccccc2)OC(N)=C(C#N)[C@]12C(=O)Nc1ccc(Cl)cc12. The van der Waals surface area contributed by atoms with Gasteiger partial charge in [0.15, 0.2) is 5.41 Å². The maximum atomic E-state index is 13.4. The van der Waals surface area contributed by atoms with Crippen LogP contribution in [0.15, 0.2) is 65.6 Å². The van der Waals surface area contributed by atoms with E-state index in [0.717, 1.165) is 0 Å². The van der Waals surface area contributed by atoms with Crippen LogP contribution >= 0.6 is 11.6 Å². The lowest BCUT2D eigenvalue weighted by atomic mass is 9.67. The predicted molar refractivity (Wildman–Crippen MR) is 110 cm³/mol. The van der Waals surface area contributed by atoms with E-state index in [4.69, 9.17) is 26.8 Å². The summed E-state index contributed by atoms with van der Waals surface area (Å²) in [5, 5.41) is 13.0. The average Bonchev–Trinajstić information content (AvgIpc) is 3.00. The van der Waals surface area contributed by atoms with E-state index >= 15 is 0 Å². The third-order valence-corrected chi connectivity index (χ3v) is 5.27. The van der Waals surface area contributed by atoms with E-state index in [1.807, 2.05) is 6.07 Å². The molecule has 0 saturated carbocycles. The second-order valence-electron chi connectivity index (χ2n) is 6.64. The molecular formula is C22H16ClN3O4. The van der Waals surface area contributed by atoms with Crippen molar-refractivity contribution in [3.05, 3.63) is 81.7 Å². The standard InChI is InChI=1S/C22H16ClN3O4/c1-2-29-20(27)17-18(12-6-4-3-5-7-12)30-19(25)15(11-24)22(17)14-10-13(23)8-9-16(14)26-21(22)28/h3-10H,2,25H2,1H3,(H,26,28)/t22-/m0/s1. The molecule has 30 heavy (non-hydrogen) atoms. The minimum Gasteiger partial charge on any atom is -0.462 e. The summed E-state index contributed by atoms with van der Waals surface area (Å²) in [6.07, 6.45) is 0. The van der Waals surface area contributed by atoms with Gasteiger partial charge in [-0.05, 0) is 25.1 Å². The van der Waals surface area contributed by atoms with Crippen LogP contribution in [0.25, 0.3) is 5.76 Å². The highest BCUT2D eigenvalue weighted by molar-refractivity contribution is 6.31. The van der Waals surface area contributed by atoms with Gasteiger partial charge in [-0.15, -0.1) is 0 Å². The molecule has 1 atom stereocenters. The molecule has 2 heterocycles. The van der Waals surface area contributed by atoms with Crippen LogP contribution in [0.1, 0.15) is 18.1 Å². The van der Waals surface area contributed by atoms with Crippen molar-refractivity contribution in [3.63, 3.8) is 0 Å². The number of carbonyl (C=O) groups excluding carboxylic acids is 2. The fourth-order valence-electron chi connectivity index (χ4n) is 3.84. The van der Waals surface area contributed by atoms with Crippen molar-refractivity contribution in [2.45, 2.75) is 12.3 Å². The molecule has 0 aliphatic carbocycles. The van der Waals surface area contributed by atoms with Crippen LogP contribution in [0, 0.1) is 11.3 Å². The third kappa shape index (κ3) is 2.65. The monoisotopic (exact) mass is 421 g/mol. The number of nitrogens with two attached hydrogens (primary N) is 1. The number of halogens is 1. The fraction of sp³-hybridized carbons (Fsp3) is 0.136. The van der Waals surface area contributed by atoms with Crippen molar-refractivity contribution in [1.29, 1.82) is 5.26 Å². The molecule has 4 rings (SSSR count). The summed E-state index contributed by atoms with van der Waals surface area (Å²) >= 11 is 6.21. The number of benzene rings is 2.